The second-order valence-electron chi connectivity index (χ2n) is 5.15. The summed E-state index contributed by atoms with van der Waals surface area (Å²) in [7, 11) is -3.32. The summed E-state index contributed by atoms with van der Waals surface area (Å²) in [6, 6.07) is 13.7. The van der Waals surface area contributed by atoms with Gasteiger partial charge < -0.3 is 9.47 Å². The first-order valence-corrected chi connectivity index (χ1v) is 8.90. The van der Waals surface area contributed by atoms with Crippen molar-refractivity contribution < 1.29 is 47.2 Å². The monoisotopic (exact) mass is 398 g/mol. The van der Waals surface area contributed by atoms with E-state index < -0.39 is 10.2 Å². The first-order chi connectivity index (χ1) is 12.7. The summed E-state index contributed by atoms with van der Waals surface area (Å²) in [5.74, 6) is 1.72. The van der Waals surface area contributed by atoms with E-state index in [9.17, 15) is 4.39 Å². The Hall–Kier alpha value is -2.49. The molecular weight excluding hydrogens is 383 g/mol. The van der Waals surface area contributed by atoms with Gasteiger partial charge in [0, 0.05) is 6.07 Å². The Morgan fingerprint density at radius 3 is 2.19 bits per heavy atom. The molecule has 0 aliphatic heterocycles. The Labute approximate surface area is 156 Å². The zero-order valence-corrected chi connectivity index (χ0v) is 15.2. The van der Waals surface area contributed by atoms with E-state index in [0.717, 1.165) is 11.3 Å². The highest BCUT2D eigenvalue weighted by Crippen LogP contribution is 2.33. The Balaban J connectivity index is 0.000000465. The molecule has 0 aliphatic rings. The van der Waals surface area contributed by atoms with E-state index in [1.165, 1.54) is 12.1 Å². The molecule has 0 radical (unpaired) electrons. The summed E-state index contributed by atoms with van der Waals surface area (Å²) in [5.41, 5.74) is 1.48. The summed E-state index contributed by atoms with van der Waals surface area (Å²) in [4.78, 5) is 0. The smallest absolute Gasteiger partial charge is 0.364 e. The van der Waals surface area contributed by atoms with Crippen LogP contribution in [0.5, 0.6) is 11.5 Å². The van der Waals surface area contributed by atoms with E-state index in [4.69, 9.17) is 32.5 Å². The number of fused-ring (bicyclic) bond motifs is 1. The molecule has 1 heterocycles. The molecular formula is C18H16ClFO7. The molecule has 27 heavy (non-hydrogen) atoms. The van der Waals surface area contributed by atoms with E-state index in [2.05, 4.69) is 0 Å². The molecule has 0 bridgehead atoms. The lowest BCUT2D eigenvalue weighted by Crippen LogP contribution is -2.68. The second kappa shape index (κ2) is 8.94. The van der Waals surface area contributed by atoms with Crippen molar-refractivity contribution in [3.05, 3.63) is 54.3 Å². The lowest BCUT2D eigenvalue weighted by atomic mass is 10.1. The molecule has 0 fully saturated rings. The minimum atomic E-state index is -4.94. The van der Waals surface area contributed by atoms with Crippen LogP contribution in [0.15, 0.2) is 52.9 Å². The van der Waals surface area contributed by atoms with Gasteiger partial charge >= 0.3 is 11.3 Å². The van der Waals surface area contributed by atoms with Crippen molar-refractivity contribution in [2.24, 2.45) is 0 Å². The Kier molecular flexibility index (Phi) is 6.89. The number of methoxy groups -OCH3 is 1. The van der Waals surface area contributed by atoms with E-state index in [-0.39, 0.29) is 5.82 Å². The van der Waals surface area contributed by atoms with Crippen LogP contribution in [-0.2, 0) is 0 Å². The minimum absolute atomic E-state index is 0.319. The van der Waals surface area contributed by atoms with Crippen LogP contribution in [-0.4, -0.2) is 13.7 Å². The average molecular weight is 399 g/mol. The van der Waals surface area contributed by atoms with Crippen molar-refractivity contribution >= 4 is 11.0 Å². The molecule has 0 saturated carbocycles. The molecule has 0 aliphatic carbocycles. The van der Waals surface area contributed by atoms with Gasteiger partial charge in [0.05, 0.1) is 25.3 Å². The Bertz CT molecular complexity index is 889. The third-order valence-electron chi connectivity index (χ3n) is 3.36. The third-order valence-corrected chi connectivity index (χ3v) is 3.36. The molecule has 7 nitrogen and oxygen atoms in total. The van der Waals surface area contributed by atoms with Gasteiger partial charge in [-0.2, -0.15) is 0 Å². The van der Waals surface area contributed by atoms with Crippen molar-refractivity contribution in [1.29, 1.82) is 0 Å². The number of halogens is 2. The lowest BCUT2D eigenvalue weighted by molar-refractivity contribution is -2.00. The van der Waals surface area contributed by atoms with Crippen LogP contribution >= 0.6 is 0 Å². The van der Waals surface area contributed by atoms with Gasteiger partial charge in [-0.15, -0.1) is 10.2 Å². The summed E-state index contributed by atoms with van der Waals surface area (Å²) in [6.07, 6.45) is 0. The lowest BCUT2D eigenvalue weighted by Gasteiger charge is -2.17. The topological polar surface area (TPSA) is 122 Å². The molecule has 0 spiro atoms. The second-order valence-corrected chi connectivity index (χ2v) is 5.91. The van der Waals surface area contributed by atoms with Crippen LogP contribution in [0.1, 0.15) is 6.92 Å². The van der Waals surface area contributed by atoms with Crippen molar-refractivity contribution in [3.63, 3.8) is 0 Å². The van der Waals surface area contributed by atoms with Crippen LogP contribution in [0.25, 0.3) is 22.3 Å². The van der Waals surface area contributed by atoms with Crippen molar-refractivity contribution in [3.8, 4) is 22.8 Å². The van der Waals surface area contributed by atoms with Crippen molar-refractivity contribution in [2.45, 2.75) is 6.92 Å². The molecule has 0 unspecified atom stereocenters. The first-order valence-electron chi connectivity index (χ1n) is 7.66. The van der Waals surface area contributed by atoms with Gasteiger partial charge in [0.1, 0.15) is 22.7 Å². The molecule has 9 heteroatoms. The highest BCUT2D eigenvalue weighted by atomic mass is 35.7. The van der Waals surface area contributed by atoms with E-state index in [0.29, 0.717) is 29.1 Å². The molecule has 144 valence electrons. The third kappa shape index (κ3) is 6.31. The number of ether oxygens (including phenoxy) is 2. The van der Waals surface area contributed by atoms with Gasteiger partial charge in [0.15, 0.2) is 0 Å². The minimum Gasteiger partial charge on any atom is -0.497 e. The van der Waals surface area contributed by atoms with Crippen molar-refractivity contribution in [2.75, 3.05) is 13.7 Å². The van der Waals surface area contributed by atoms with Crippen LogP contribution in [0.2, 0.25) is 0 Å². The van der Waals surface area contributed by atoms with E-state index in [1.807, 2.05) is 31.2 Å². The number of benzene rings is 2. The predicted molar refractivity (Wildman–Crippen MR) is 83.7 cm³/mol. The van der Waals surface area contributed by atoms with Crippen LogP contribution in [0.3, 0.4) is 0 Å². The molecule has 0 saturated heterocycles. The maximum Gasteiger partial charge on any atom is 0.364 e. The zero-order valence-electron chi connectivity index (χ0n) is 14.4. The molecule has 0 atom stereocenters. The fourth-order valence-corrected chi connectivity index (χ4v) is 2.30. The zero-order chi connectivity index (χ0) is 20.0. The predicted octanol–water partition coefficient (Wildman–Crippen LogP) is 0.171. The quantitative estimate of drug-likeness (QED) is 0.574. The first kappa shape index (κ1) is 20.8. The van der Waals surface area contributed by atoms with Gasteiger partial charge in [-0.1, -0.05) is 0 Å². The Morgan fingerprint density at radius 1 is 1.00 bits per heavy atom. The molecule has 0 N–H and O–H groups in total. The number of hydrogen-bond acceptors (Lipinski definition) is 6. The maximum atomic E-state index is 13.5. The fourth-order valence-electron chi connectivity index (χ4n) is 2.30. The summed E-state index contributed by atoms with van der Waals surface area (Å²) < 4.78 is 64.1. The largest absolute Gasteiger partial charge is 0.497 e. The van der Waals surface area contributed by atoms with Gasteiger partial charge in [0.2, 0.25) is 0 Å². The number of hydrogen-bond donors (Lipinski definition) is 0. The van der Waals surface area contributed by atoms with Crippen molar-refractivity contribution in [1.82, 2.24) is 0 Å². The summed E-state index contributed by atoms with van der Waals surface area (Å²) in [6.45, 7) is 2.39. The van der Waals surface area contributed by atoms with Gasteiger partial charge in [-0.25, -0.2) is 27.4 Å². The highest BCUT2D eigenvalue weighted by molar-refractivity contribution is 5.85. The molecule has 0 amide bonds. The van der Waals surface area contributed by atoms with Crippen LogP contribution < -0.4 is 28.1 Å². The standard InChI is InChI=1S/C18H16FO3.ClHO4/c1-3-21-18-11-17(12-4-7-14(20-2)8-5-12)22-16-9-6-13(19)10-15(16)18;2-1(3,4)5/h4-11H,3H2,1-2H3;(H,2,3,4,5)/q+1;/p-1. The maximum absolute atomic E-state index is 13.5. The highest BCUT2D eigenvalue weighted by Gasteiger charge is 2.20. The summed E-state index contributed by atoms with van der Waals surface area (Å²) in [5, 5.41) is 0.624. The average Bonchev–Trinajstić information content (AvgIpc) is 2.61. The van der Waals surface area contributed by atoms with Crippen LogP contribution in [0, 0.1) is 16.1 Å². The van der Waals surface area contributed by atoms with Crippen LogP contribution in [0.4, 0.5) is 4.39 Å². The Morgan fingerprint density at radius 2 is 1.63 bits per heavy atom. The fraction of sp³-hybridized carbons (Fsp3) is 0.167. The molecule has 3 rings (SSSR count). The van der Waals surface area contributed by atoms with Gasteiger partial charge in [0.25, 0.3) is 0 Å². The molecule has 3 aromatic rings. The normalized spacial score (nSPS) is 10.9. The van der Waals surface area contributed by atoms with E-state index >= 15 is 0 Å². The van der Waals surface area contributed by atoms with Gasteiger partial charge in [-0.3, -0.25) is 0 Å². The molecule has 1 aromatic heterocycles. The van der Waals surface area contributed by atoms with Gasteiger partial charge in [-0.05, 0) is 43.3 Å². The SMILES string of the molecule is CCOc1cc(-c2ccc(OC)cc2)[o+]c2ccc(F)cc12.[O-][Cl+3]([O-])([O-])[O-]. The molecule has 2 aromatic carbocycles. The number of rotatable bonds is 4. The summed E-state index contributed by atoms with van der Waals surface area (Å²) >= 11 is 0. The van der Waals surface area contributed by atoms with E-state index in [1.54, 1.807) is 19.2 Å².